The molecular formula is C12H11BrN4O. The van der Waals surface area contributed by atoms with Gasteiger partial charge in [0.05, 0.1) is 12.4 Å². The van der Waals surface area contributed by atoms with Crippen LogP contribution in [0.3, 0.4) is 0 Å². The number of amides is 1. The molecule has 2 aromatic rings. The van der Waals surface area contributed by atoms with E-state index in [1.54, 1.807) is 0 Å². The van der Waals surface area contributed by atoms with Crippen molar-refractivity contribution in [3.63, 3.8) is 0 Å². The minimum absolute atomic E-state index is 0.210. The number of anilines is 1. The molecule has 0 aliphatic heterocycles. The van der Waals surface area contributed by atoms with Gasteiger partial charge in [0.25, 0.3) is 5.91 Å². The van der Waals surface area contributed by atoms with E-state index in [1.807, 2.05) is 24.3 Å². The van der Waals surface area contributed by atoms with E-state index in [1.165, 1.54) is 12.4 Å². The van der Waals surface area contributed by atoms with Gasteiger partial charge in [0.15, 0.2) is 0 Å². The Morgan fingerprint density at radius 3 is 2.83 bits per heavy atom. The molecule has 1 aromatic carbocycles. The molecule has 0 bridgehead atoms. The second-order valence-electron chi connectivity index (χ2n) is 3.60. The minimum Gasteiger partial charge on any atom is -0.382 e. The van der Waals surface area contributed by atoms with E-state index in [0.29, 0.717) is 6.54 Å². The number of benzene rings is 1. The molecule has 0 aliphatic rings. The average molecular weight is 307 g/mol. The third kappa shape index (κ3) is 3.04. The fourth-order valence-electron chi connectivity index (χ4n) is 1.40. The summed E-state index contributed by atoms with van der Waals surface area (Å²) < 4.78 is 0.948. The Morgan fingerprint density at radius 1 is 1.33 bits per heavy atom. The van der Waals surface area contributed by atoms with Crippen LogP contribution < -0.4 is 11.1 Å². The van der Waals surface area contributed by atoms with Crippen molar-refractivity contribution < 1.29 is 4.79 Å². The van der Waals surface area contributed by atoms with Crippen LogP contribution in [0.5, 0.6) is 0 Å². The van der Waals surface area contributed by atoms with E-state index < -0.39 is 0 Å². The molecule has 0 saturated heterocycles. The van der Waals surface area contributed by atoms with Crippen molar-refractivity contribution in [1.29, 1.82) is 0 Å². The SMILES string of the molecule is Nc1cncc(C(=O)NCc2ccccc2Br)n1. The highest BCUT2D eigenvalue weighted by Crippen LogP contribution is 2.15. The maximum Gasteiger partial charge on any atom is 0.271 e. The first kappa shape index (κ1) is 12.5. The Morgan fingerprint density at radius 2 is 2.11 bits per heavy atom. The molecule has 5 nitrogen and oxygen atoms in total. The van der Waals surface area contributed by atoms with Crippen molar-refractivity contribution in [3.05, 3.63) is 52.4 Å². The maximum absolute atomic E-state index is 11.8. The van der Waals surface area contributed by atoms with Crippen LogP contribution in [0.1, 0.15) is 16.1 Å². The van der Waals surface area contributed by atoms with Crippen LogP contribution in [0, 0.1) is 0 Å². The van der Waals surface area contributed by atoms with E-state index in [4.69, 9.17) is 5.73 Å². The van der Waals surface area contributed by atoms with Crippen molar-refractivity contribution in [2.24, 2.45) is 0 Å². The molecule has 0 saturated carbocycles. The van der Waals surface area contributed by atoms with E-state index in [2.05, 4.69) is 31.2 Å². The molecule has 18 heavy (non-hydrogen) atoms. The van der Waals surface area contributed by atoms with Gasteiger partial charge in [-0.15, -0.1) is 0 Å². The smallest absolute Gasteiger partial charge is 0.271 e. The Kier molecular flexibility index (Phi) is 3.88. The van der Waals surface area contributed by atoms with Crippen LogP contribution in [-0.2, 0) is 6.54 Å². The molecule has 6 heteroatoms. The molecule has 0 atom stereocenters. The minimum atomic E-state index is -0.300. The predicted octanol–water partition coefficient (Wildman–Crippen LogP) is 1.75. The van der Waals surface area contributed by atoms with Gasteiger partial charge in [-0.1, -0.05) is 34.1 Å². The van der Waals surface area contributed by atoms with Crippen LogP contribution in [0.15, 0.2) is 41.1 Å². The quantitative estimate of drug-likeness (QED) is 0.905. The molecule has 1 heterocycles. The third-order valence-corrected chi connectivity index (χ3v) is 3.06. The van der Waals surface area contributed by atoms with Gasteiger partial charge in [-0.2, -0.15) is 0 Å². The molecule has 0 unspecified atom stereocenters. The van der Waals surface area contributed by atoms with E-state index >= 15 is 0 Å². The summed E-state index contributed by atoms with van der Waals surface area (Å²) in [6.45, 7) is 0.413. The number of nitrogens with zero attached hydrogens (tertiary/aromatic N) is 2. The van der Waals surface area contributed by atoms with Crippen LogP contribution in [-0.4, -0.2) is 15.9 Å². The highest BCUT2D eigenvalue weighted by Gasteiger charge is 2.08. The number of carbonyl (C=O) groups excluding carboxylic acids is 1. The van der Waals surface area contributed by atoms with Crippen molar-refractivity contribution in [2.75, 3.05) is 5.73 Å². The molecule has 1 aromatic heterocycles. The first-order valence-electron chi connectivity index (χ1n) is 5.26. The highest BCUT2D eigenvalue weighted by atomic mass is 79.9. The normalized spacial score (nSPS) is 10.1. The lowest BCUT2D eigenvalue weighted by Gasteiger charge is -2.06. The van der Waals surface area contributed by atoms with E-state index in [0.717, 1.165) is 10.0 Å². The number of nitrogens with one attached hydrogen (secondary N) is 1. The molecule has 1 amide bonds. The van der Waals surface area contributed by atoms with Crippen molar-refractivity contribution >= 4 is 27.7 Å². The topological polar surface area (TPSA) is 80.9 Å². The first-order chi connectivity index (χ1) is 8.66. The van der Waals surface area contributed by atoms with Gasteiger partial charge in [-0.05, 0) is 11.6 Å². The summed E-state index contributed by atoms with van der Waals surface area (Å²) in [5, 5.41) is 2.76. The van der Waals surface area contributed by atoms with Crippen LogP contribution in [0.2, 0.25) is 0 Å². The molecule has 0 aliphatic carbocycles. The summed E-state index contributed by atoms with van der Waals surface area (Å²) in [6.07, 6.45) is 2.77. The monoisotopic (exact) mass is 306 g/mol. The number of hydrogen-bond donors (Lipinski definition) is 2. The molecule has 3 N–H and O–H groups in total. The van der Waals surface area contributed by atoms with Gasteiger partial charge in [0.2, 0.25) is 0 Å². The van der Waals surface area contributed by atoms with Crippen LogP contribution in [0.25, 0.3) is 0 Å². The zero-order valence-electron chi connectivity index (χ0n) is 9.43. The number of carbonyl (C=O) groups is 1. The summed E-state index contributed by atoms with van der Waals surface area (Å²) >= 11 is 3.41. The van der Waals surface area contributed by atoms with E-state index in [-0.39, 0.29) is 17.4 Å². The predicted molar refractivity (Wildman–Crippen MR) is 71.8 cm³/mol. The van der Waals surface area contributed by atoms with E-state index in [9.17, 15) is 4.79 Å². The number of halogens is 1. The lowest BCUT2D eigenvalue weighted by molar-refractivity contribution is 0.0945. The van der Waals surface area contributed by atoms with Gasteiger partial charge < -0.3 is 11.1 Å². The zero-order chi connectivity index (χ0) is 13.0. The summed E-state index contributed by atoms with van der Waals surface area (Å²) in [7, 11) is 0. The van der Waals surface area contributed by atoms with Crippen molar-refractivity contribution in [1.82, 2.24) is 15.3 Å². The molecule has 0 fully saturated rings. The highest BCUT2D eigenvalue weighted by molar-refractivity contribution is 9.10. The lowest BCUT2D eigenvalue weighted by Crippen LogP contribution is -2.24. The summed E-state index contributed by atoms with van der Waals surface area (Å²) in [4.78, 5) is 19.5. The number of hydrogen-bond acceptors (Lipinski definition) is 4. The fourth-order valence-corrected chi connectivity index (χ4v) is 1.82. The van der Waals surface area contributed by atoms with Gasteiger partial charge >= 0.3 is 0 Å². The number of rotatable bonds is 3. The summed E-state index contributed by atoms with van der Waals surface area (Å²) in [6, 6.07) is 7.67. The van der Waals surface area contributed by atoms with Gasteiger partial charge in [-0.25, -0.2) is 4.98 Å². The Hall–Kier alpha value is -1.95. The molecule has 0 spiro atoms. The van der Waals surface area contributed by atoms with Crippen molar-refractivity contribution in [3.8, 4) is 0 Å². The summed E-state index contributed by atoms with van der Waals surface area (Å²) in [5.74, 6) is -0.0749. The van der Waals surface area contributed by atoms with Crippen LogP contribution >= 0.6 is 15.9 Å². The van der Waals surface area contributed by atoms with Gasteiger partial charge in [-0.3, -0.25) is 9.78 Å². The Balaban J connectivity index is 2.03. The van der Waals surface area contributed by atoms with Crippen LogP contribution in [0.4, 0.5) is 5.82 Å². The second-order valence-corrected chi connectivity index (χ2v) is 4.46. The second kappa shape index (κ2) is 5.59. The number of nitrogen functional groups attached to an aromatic ring is 1. The molecule has 92 valence electrons. The Labute approximate surface area is 113 Å². The molecular weight excluding hydrogens is 296 g/mol. The van der Waals surface area contributed by atoms with Gasteiger partial charge in [0.1, 0.15) is 11.5 Å². The largest absolute Gasteiger partial charge is 0.382 e. The number of nitrogens with two attached hydrogens (primary N) is 1. The lowest BCUT2D eigenvalue weighted by atomic mass is 10.2. The average Bonchev–Trinajstić information content (AvgIpc) is 2.37. The fraction of sp³-hybridized carbons (Fsp3) is 0.0833. The molecule has 2 rings (SSSR count). The first-order valence-corrected chi connectivity index (χ1v) is 6.05. The summed E-state index contributed by atoms with van der Waals surface area (Å²) in [5.41, 5.74) is 6.67. The maximum atomic E-state index is 11.8. The standard InChI is InChI=1S/C12H11BrN4O/c13-9-4-2-1-3-8(9)5-16-12(18)10-6-15-7-11(14)17-10/h1-4,6-7H,5H2,(H2,14,17)(H,16,18). The molecule has 0 radical (unpaired) electrons. The number of aromatic nitrogens is 2. The third-order valence-electron chi connectivity index (χ3n) is 2.28. The van der Waals surface area contributed by atoms with Crippen molar-refractivity contribution in [2.45, 2.75) is 6.54 Å². The Bertz CT molecular complexity index is 574. The zero-order valence-corrected chi connectivity index (χ0v) is 11.0. The van der Waals surface area contributed by atoms with Gasteiger partial charge in [0, 0.05) is 11.0 Å².